The molecular formula is C26H38O2. The summed E-state index contributed by atoms with van der Waals surface area (Å²) in [6.07, 6.45) is 17.6. The average Bonchev–Trinajstić information content (AvgIpc) is 2.71. The van der Waals surface area contributed by atoms with E-state index in [1.165, 1.54) is 76.0 Å². The normalized spacial score (nSPS) is 11.0. The lowest BCUT2D eigenvalue weighted by atomic mass is 10.0. The van der Waals surface area contributed by atoms with Crippen molar-refractivity contribution in [3.8, 4) is 5.75 Å². The molecule has 0 fully saturated rings. The molecule has 0 saturated carbocycles. The summed E-state index contributed by atoms with van der Waals surface area (Å²) in [6.45, 7) is 2.27. The zero-order valence-electron chi connectivity index (χ0n) is 17.8. The number of unbranched alkanes of at least 4 members (excludes halogenated alkanes) is 12. The van der Waals surface area contributed by atoms with Crippen molar-refractivity contribution in [2.24, 2.45) is 0 Å². The van der Waals surface area contributed by atoms with Crippen LogP contribution in [-0.4, -0.2) is 5.97 Å². The van der Waals surface area contributed by atoms with Gasteiger partial charge in [0.15, 0.2) is 0 Å². The molecule has 2 aromatic rings. The van der Waals surface area contributed by atoms with Crippen LogP contribution in [0.3, 0.4) is 0 Å². The Kier molecular flexibility index (Phi) is 11.4. The Morgan fingerprint density at radius 3 is 1.82 bits per heavy atom. The lowest BCUT2D eigenvalue weighted by Gasteiger charge is -2.06. The van der Waals surface area contributed by atoms with Crippen molar-refractivity contribution in [3.63, 3.8) is 0 Å². The van der Waals surface area contributed by atoms with Gasteiger partial charge < -0.3 is 4.74 Å². The maximum Gasteiger partial charge on any atom is 0.311 e. The molecule has 2 heteroatoms. The minimum Gasteiger partial charge on any atom is -0.427 e. The van der Waals surface area contributed by atoms with Gasteiger partial charge in [0.25, 0.3) is 0 Å². The standard InChI is InChI=1S/C26H38O2/c1-2-3-4-5-6-7-8-9-10-11-12-13-14-19-26(27)28-25-21-20-23-17-15-16-18-24(23)22-25/h15-18,20-22H,2-14,19H2,1H3. The molecule has 0 aromatic heterocycles. The van der Waals surface area contributed by atoms with Crippen molar-refractivity contribution in [1.82, 2.24) is 0 Å². The smallest absolute Gasteiger partial charge is 0.311 e. The predicted octanol–water partition coefficient (Wildman–Crippen LogP) is 8.23. The molecule has 0 radical (unpaired) electrons. The third kappa shape index (κ3) is 9.39. The summed E-state index contributed by atoms with van der Waals surface area (Å²) in [5.74, 6) is 0.539. The number of carbonyl (C=O) groups is 1. The molecule has 0 aliphatic carbocycles. The van der Waals surface area contributed by atoms with Crippen LogP contribution in [0, 0.1) is 0 Å². The summed E-state index contributed by atoms with van der Waals surface area (Å²) >= 11 is 0. The molecule has 0 amide bonds. The van der Waals surface area contributed by atoms with E-state index in [1.807, 2.05) is 36.4 Å². The van der Waals surface area contributed by atoms with Crippen LogP contribution >= 0.6 is 0 Å². The highest BCUT2D eigenvalue weighted by atomic mass is 16.5. The van der Waals surface area contributed by atoms with Gasteiger partial charge in [-0.15, -0.1) is 0 Å². The largest absolute Gasteiger partial charge is 0.427 e. The molecule has 2 aromatic carbocycles. The third-order valence-corrected chi connectivity index (χ3v) is 5.44. The fourth-order valence-electron chi connectivity index (χ4n) is 3.70. The summed E-state index contributed by atoms with van der Waals surface area (Å²) in [4.78, 5) is 12.0. The highest BCUT2D eigenvalue weighted by molar-refractivity contribution is 5.84. The fraction of sp³-hybridized carbons (Fsp3) is 0.577. The first-order chi connectivity index (χ1) is 13.8. The number of hydrogen-bond donors (Lipinski definition) is 0. The molecule has 0 N–H and O–H groups in total. The average molecular weight is 383 g/mol. The Labute approximate surface area is 171 Å². The SMILES string of the molecule is CCCCCCCCCCCCCCCC(=O)Oc1ccc2ccccc2c1. The van der Waals surface area contributed by atoms with Crippen molar-refractivity contribution in [3.05, 3.63) is 42.5 Å². The molecule has 0 heterocycles. The van der Waals surface area contributed by atoms with E-state index in [0.717, 1.165) is 18.2 Å². The van der Waals surface area contributed by atoms with Gasteiger partial charge in [-0.3, -0.25) is 4.79 Å². The Morgan fingerprint density at radius 2 is 1.21 bits per heavy atom. The Balaban J connectivity index is 1.44. The Hall–Kier alpha value is -1.83. The lowest BCUT2D eigenvalue weighted by molar-refractivity contribution is -0.134. The number of benzene rings is 2. The molecule has 2 rings (SSSR count). The second kappa shape index (κ2) is 14.2. The summed E-state index contributed by atoms with van der Waals surface area (Å²) in [5, 5.41) is 2.27. The number of ether oxygens (including phenoxy) is 1. The van der Waals surface area contributed by atoms with Crippen LogP contribution < -0.4 is 4.74 Å². The quantitative estimate of drug-likeness (QED) is 0.176. The number of esters is 1. The lowest BCUT2D eigenvalue weighted by Crippen LogP contribution is -2.07. The first-order valence-corrected chi connectivity index (χ1v) is 11.5. The van der Waals surface area contributed by atoms with Gasteiger partial charge in [-0.2, -0.15) is 0 Å². The van der Waals surface area contributed by atoms with E-state index in [1.54, 1.807) is 0 Å². The van der Waals surface area contributed by atoms with Gasteiger partial charge in [0.05, 0.1) is 0 Å². The highest BCUT2D eigenvalue weighted by Gasteiger charge is 2.05. The molecule has 0 bridgehead atoms. The zero-order chi connectivity index (χ0) is 19.9. The topological polar surface area (TPSA) is 26.3 Å². The van der Waals surface area contributed by atoms with Crippen molar-refractivity contribution >= 4 is 16.7 Å². The number of rotatable bonds is 15. The second-order valence-electron chi connectivity index (χ2n) is 7.98. The van der Waals surface area contributed by atoms with Crippen molar-refractivity contribution in [2.45, 2.75) is 96.8 Å². The van der Waals surface area contributed by atoms with E-state index in [0.29, 0.717) is 12.2 Å². The molecule has 0 aliphatic heterocycles. The highest BCUT2D eigenvalue weighted by Crippen LogP contribution is 2.21. The van der Waals surface area contributed by atoms with Gasteiger partial charge in [0.1, 0.15) is 5.75 Å². The van der Waals surface area contributed by atoms with E-state index in [-0.39, 0.29) is 5.97 Å². The number of fused-ring (bicyclic) bond motifs is 1. The van der Waals surface area contributed by atoms with Crippen molar-refractivity contribution in [2.75, 3.05) is 0 Å². The maximum absolute atomic E-state index is 12.0. The molecule has 0 aliphatic rings. The van der Waals surface area contributed by atoms with Crippen LogP contribution in [0.2, 0.25) is 0 Å². The molecule has 28 heavy (non-hydrogen) atoms. The van der Waals surface area contributed by atoms with Gasteiger partial charge in [-0.05, 0) is 29.3 Å². The van der Waals surface area contributed by atoms with Crippen LogP contribution in [0.15, 0.2) is 42.5 Å². The summed E-state index contributed by atoms with van der Waals surface area (Å²) in [6, 6.07) is 13.9. The summed E-state index contributed by atoms with van der Waals surface area (Å²) in [5.41, 5.74) is 0. The van der Waals surface area contributed by atoms with E-state index < -0.39 is 0 Å². The maximum atomic E-state index is 12.0. The van der Waals surface area contributed by atoms with Crippen LogP contribution in [0.4, 0.5) is 0 Å². The van der Waals surface area contributed by atoms with E-state index in [2.05, 4.69) is 13.0 Å². The van der Waals surface area contributed by atoms with Crippen LogP contribution in [0.1, 0.15) is 96.8 Å². The Bertz CT molecular complexity index is 677. The summed E-state index contributed by atoms with van der Waals surface area (Å²) in [7, 11) is 0. The van der Waals surface area contributed by atoms with Crippen LogP contribution in [-0.2, 0) is 4.79 Å². The monoisotopic (exact) mass is 382 g/mol. The van der Waals surface area contributed by atoms with Crippen LogP contribution in [0.25, 0.3) is 10.8 Å². The Morgan fingerprint density at radius 1 is 0.679 bits per heavy atom. The van der Waals surface area contributed by atoms with Gasteiger partial charge in [-0.25, -0.2) is 0 Å². The molecule has 0 atom stereocenters. The van der Waals surface area contributed by atoms with Gasteiger partial charge >= 0.3 is 5.97 Å². The van der Waals surface area contributed by atoms with E-state index in [4.69, 9.17) is 4.74 Å². The molecular weight excluding hydrogens is 344 g/mol. The minimum absolute atomic E-state index is 0.113. The molecule has 0 unspecified atom stereocenters. The third-order valence-electron chi connectivity index (χ3n) is 5.44. The van der Waals surface area contributed by atoms with Crippen molar-refractivity contribution in [1.29, 1.82) is 0 Å². The van der Waals surface area contributed by atoms with Gasteiger partial charge in [0, 0.05) is 6.42 Å². The fourth-order valence-corrected chi connectivity index (χ4v) is 3.70. The van der Waals surface area contributed by atoms with Crippen LogP contribution in [0.5, 0.6) is 5.75 Å². The first-order valence-electron chi connectivity index (χ1n) is 11.5. The zero-order valence-corrected chi connectivity index (χ0v) is 17.8. The molecule has 2 nitrogen and oxygen atoms in total. The minimum atomic E-state index is -0.113. The number of carbonyl (C=O) groups excluding carboxylic acids is 1. The van der Waals surface area contributed by atoms with Gasteiger partial charge in [0.2, 0.25) is 0 Å². The first kappa shape index (κ1) is 22.5. The summed E-state index contributed by atoms with van der Waals surface area (Å²) < 4.78 is 5.49. The predicted molar refractivity (Wildman–Crippen MR) is 120 cm³/mol. The molecule has 0 saturated heterocycles. The van der Waals surface area contributed by atoms with Gasteiger partial charge in [-0.1, -0.05) is 114 Å². The van der Waals surface area contributed by atoms with E-state index >= 15 is 0 Å². The van der Waals surface area contributed by atoms with E-state index in [9.17, 15) is 4.79 Å². The number of hydrogen-bond acceptors (Lipinski definition) is 2. The van der Waals surface area contributed by atoms with Crippen molar-refractivity contribution < 1.29 is 9.53 Å². The second-order valence-corrected chi connectivity index (χ2v) is 7.98. The molecule has 0 spiro atoms. The molecule has 154 valence electrons.